The first-order valence-corrected chi connectivity index (χ1v) is 20.9. The summed E-state index contributed by atoms with van der Waals surface area (Å²) in [4.78, 5) is 20.7. The summed E-state index contributed by atoms with van der Waals surface area (Å²) in [5, 5.41) is 10.6. The number of nitrogens with zero attached hydrogens (tertiary/aromatic N) is 4. The fourth-order valence-corrected chi connectivity index (χ4v) is 10.4. The second kappa shape index (κ2) is 13.2. The Labute approximate surface area is 341 Å². The van der Waals surface area contributed by atoms with E-state index in [4.69, 9.17) is 19.9 Å². The predicted octanol–water partition coefficient (Wildman–Crippen LogP) is 14.6. The summed E-state index contributed by atoms with van der Waals surface area (Å²) in [6, 6.07) is 64.6. The molecule has 0 fully saturated rings. The Balaban J connectivity index is 1.04. The molecular formula is C52H30N4S2. The monoisotopic (exact) mass is 774 g/mol. The van der Waals surface area contributed by atoms with Crippen molar-refractivity contribution in [1.29, 1.82) is 0 Å². The molecule has 0 N–H and O–H groups in total. The molecule has 0 saturated carbocycles. The molecule has 0 aliphatic rings. The molecule has 0 aliphatic heterocycles. The van der Waals surface area contributed by atoms with Crippen molar-refractivity contribution < 1.29 is 0 Å². The van der Waals surface area contributed by atoms with Gasteiger partial charge in [0.25, 0.3) is 0 Å². The van der Waals surface area contributed by atoms with E-state index in [0.717, 1.165) is 54.5 Å². The number of benzene rings is 9. The number of rotatable bonds is 5. The fraction of sp³-hybridized carbons (Fsp3) is 0. The minimum atomic E-state index is 0.644. The van der Waals surface area contributed by atoms with E-state index in [0.29, 0.717) is 17.5 Å². The van der Waals surface area contributed by atoms with Crippen molar-refractivity contribution in [3.8, 4) is 55.9 Å². The lowest BCUT2D eigenvalue weighted by molar-refractivity contribution is 1.08. The van der Waals surface area contributed by atoms with E-state index in [9.17, 15) is 0 Å². The Kier molecular flexibility index (Phi) is 7.55. The van der Waals surface area contributed by atoms with Gasteiger partial charge in [-0.05, 0) is 85.9 Å². The van der Waals surface area contributed by atoms with Crippen molar-refractivity contribution in [3.05, 3.63) is 182 Å². The van der Waals surface area contributed by atoms with Crippen molar-refractivity contribution in [2.24, 2.45) is 0 Å². The van der Waals surface area contributed by atoms with E-state index in [1.807, 2.05) is 29.5 Å². The van der Waals surface area contributed by atoms with Crippen molar-refractivity contribution in [1.82, 2.24) is 19.9 Å². The third-order valence-electron chi connectivity index (χ3n) is 11.1. The van der Waals surface area contributed by atoms with Crippen LogP contribution in [-0.4, -0.2) is 19.9 Å². The summed E-state index contributed by atoms with van der Waals surface area (Å²) in [5.41, 5.74) is 7.35. The first kappa shape index (κ1) is 33.1. The van der Waals surface area contributed by atoms with Crippen LogP contribution < -0.4 is 0 Å². The molecule has 6 heteroatoms. The third kappa shape index (κ3) is 5.57. The van der Waals surface area contributed by atoms with Gasteiger partial charge in [0, 0.05) is 42.4 Å². The van der Waals surface area contributed by atoms with E-state index < -0.39 is 0 Å². The second-order valence-electron chi connectivity index (χ2n) is 14.7. The second-order valence-corrected chi connectivity index (χ2v) is 16.8. The molecule has 3 aromatic heterocycles. The Morgan fingerprint density at radius 2 is 0.948 bits per heavy atom. The minimum absolute atomic E-state index is 0.644. The molecule has 4 nitrogen and oxygen atoms in total. The van der Waals surface area contributed by atoms with Crippen LogP contribution in [0.4, 0.5) is 0 Å². The summed E-state index contributed by atoms with van der Waals surface area (Å²) < 4.78 is 3.67. The van der Waals surface area contributed by atoms with Crippen LogP contribution in [0.5, 0.6) is 0 Å². The number of hydrogen-bond donors (Lipinski definition) is 0. The van der Waals surface area contributed by atoms with Gasteiger partial charge in [-0.25, -0.2) is 19.9 Å². The number of thiophene rings is 1. The summed E-state index contributed by atoms with van der Waals surface area (Å²) in [6.07, 6.45) is 0. The SMILES string of the molecule is c1ccc(-c2nc(-c3ccc4ccccc4c3)nc(-c3cc(-c4cccc5sc6cc7nc(-c8ccc9ccccc9c8)sc7cc6c45)cc4ccccc34)n2)cc1. The van der Waals surface area contributed by atoms with Crippen LogP contribution in [-0.2, 0) is 0 Å². The zero-order valence-corrected chi connectivity index (χ0v) is 32.6. The molecule has 0 radical (unpaired) electrons. The molecule has 0 atom stereocenters. The minimum Gasteiger partial charge on any atom is -0.236 e. The van der Waals surface area contributed by atoms with Gasteiger partial charge in [-0.3, -0.25) is 0 Å². The lowest BCUT2D eigenvalue weighted by atomic mass is 9.94. The zero-order valence-electron chi connectivity index (χ0n) is 30.9. The van der Waals surface area contributed by atoms with Crippen LogP contribution in [0.15, 0.2) is 182 Å². The Bertz CT molecular complexity index is 3590. The lowest BCUT2D eigenvalue weighted by Crippen LogP contribution is -2.01. The molecule has 270 valence electrons. The normalized spacial score (nSPS) is 11.8. The maximum atomic E-state index is 5.25. The highest BCUT2D eigenvalue weighted by atomic mass is 32.1. The van der Waals surface area contributed by atoms with E-state index >= 15 is 0 Å². The van der Waals surface area contributed by atoms with Crippen LogP contribution in [0.2, 0.25) is 0 Å². The number of aromatic nitrogens is 4. The highest BCUT2D eigenvalue weighted by Crippen LogP contribution is 2.45. The molecule has 0 amide bonds. The van der Waals surface area contributed by atoms with Crippen molar-refractivity contribution in [2.75, 3.05) is 0 Å². The summed E-state index contributed by atoms with van der Waals surface area (Å²) in [5.74, 6) is 1.93. The maximum absolute atomic E-state index is 5.25. The van der Waals surface area contributed by atoms with Gasteiger partial charge >= 0.3 is 0 Å². The van der Waals surface area contributed by atoms with Gasteiger partial charge in [-0.15, -0.1) is 22.7 Å². The average molecular weight is 775 g/mol. The van der Waals surface area contributed by atoms with Crippen LogP contribution in [0.25, 0.3) is 119 Å². The molecule has 58 heavy (non-hydrogen) atoms. The van der Waals surface area contributed by atoms with Crippen LogP contribution in [0, 0.1) is 0 Å². The van der Waals surface area contributed by atoms with E-state index in [1.165, 1.54) is 46.6 Å². The lowest BCUT2D eigenvalue weighted by Gasteiger charge is -2.13. The quantitative estimate of drug-likeness (QED) is 0.175. The smallest absolute Gasteiger partial charge is 0.164 e. The van der Waals surface area contributed by atoms with Gasteiger partial charge in [0.15, 0.2) is 17.5 Å². The van der Waals surface area contributed by atoms with Crippen molar-refractivity contribution in [2.45, 2.75) is 0 Å². The first-order chi connectivity index (χ1) is 28.7. The maximum Gasteiger partial charge on any atom is 0.164 e. The molecular weight excluding hydrogens is 745 g/mol. The first-order valence-electron chi connectivity index (χ1n) is 19.3. The van der Waals surface area contributed by atoms with Crippen molar-refractivity contribution >= 4 is 85.4 Å². The number of fused-ring (bicyclic) bond motifs is 7. The Morgan fingerprint density at radius 1 is 0.310 bits per heavy atom. The van der Waals surface area contributed by atoms with Gasteiger partial charge in [0.2, 0.25) is 0 Å². The molecule has 9 aromatic carbocycles. The predicted molar refractivity (Wildman–Crippen MR) is 246 cm³/mol. The van der Waals surface area contributed by atoms with E-state index in [-0.39, 0.29) is 0 Å². The van der Waals surface area contributed by atoms with Crippen LogP contribution in [0.3, 0.4) is 0 Å². The number of thiazole rings is 1. The zero-order chi connectivity index (χ0) is 38.2. The Morgan fingerprint density at radius 3 is 1.74 bits per heavy atom. The van der Waals surface area contributed by atoms with Crippen molar-refractivity contribution in [3.63, 3.8) is 0 Å². The molecule has 0 saturated heterocycles. The van der Waals surface area contributed by atoms with E-state index in [1.54, 1.807) is 11.3 Å². The topological polar surface area (TPSA) is 51.6 Å². The molecule has 0 unspecified atom stereocenters. The van der Waals surface area contributed by atoms with Gasteiger partial charge in [-0.1, -0.05) is 140 Å². The highest BCUT2D eigenvalue weighted by Gasteiger charge is 2.19. The molecule has 0 aliphatic carbocycles. The van der Waals surface area contributed by atoms with Gasteiger partial charge in [-0.2, -0.15) is 0 Å². The van der Waals surface area contributed by atoms with E-state index in [2.05, 4.69) is 164 Å². The largest absolute Gasteiger partial charge is 0.236 e. The van der Waals surface area contributed by atoms with Gasteiger partial charge in [0.1, 0.15) is 5.01 Å². The highest BCUT2D eigenvalue weighted by molar-refractivity contribution is 7.26. The third-order valence-corrected chi connectivity index (χ3v) is 13.3. The molecule has 12 rings (SSSR count). The van der Waals surface area contributed by atoms with Gasteiger partial charge in [0.05, 0.1) is 10.2 Å². The molecule has 0 bridgehead atoms. The molecule has 0 spiro atoms. The summed E-state index contributed by atoms with van der Waals surface area (Å²) >= 11 is 3.59. The number of hydrogen-bond acceptors (Lipinski definition) is 6. The Hall–Kier alpha value is -7.12. The molecule has 12 aromatic rings. The summed E-state index contributed by atoms with van der Waals surface area (Å²) in [7, 11) is 0. The van der Waals surface area contributed by atoms with Gasteiger partial charge < -0.3 is 0 Å². The fourth-order valence-electron chi connectivity index (χ4n) is 8.25. The van der Waals surface area contributed by atoms with Crippen LogP contribution in [0.1, 0.15) is 0 Å². The molecule has 3 heterocycles. The average Bonchev–Trinajstić information content (AvgIpc) is 3.88. The summed E-state index contributed by atoms with van der Waals surface area (Å²) in [6.45, 7) is 0. The van der Waals surface area contributed by atoms with Crippen LogP contribution >= 0.6 is 22.7 Å². The standard InChI is InChI=1S/C52H30N4S2/c1-2-13-33(14-3-1)49-54-50(37-23-21-31-11-4-6-15-34(31)25-37)56-51(55-49)42-28-39(27-36-17-8-9-18-40(36)42)41-19-10-20-45-48(41)43-29-47-44(30-46(43)57-45)53-52(58-47)38-24-22-32-12-5-7-16-35(32)26-38/h1-30H.